The van der Waals surface area contributed by atoms with Crippen molar-refractivity contribution in [2.75, 3.05) is 0 Å². The fourth-order valence-electron chi connectivity index (χ4n) is 2.37. The Morgan fingerprint density at radius 1 is 0.938 bits per heavy atom. The highest BCUT2D eigenvalue weighted by Crippen LogP contribution is 2.24. The van der Waals surface area contributed by atoms with Crippen LogP contribution < -0.4 is 5.73 Å². The second-order valence-electron chi connectivity index (χ2n) is 5.50. The molecule has 0 radical (unpaired) electrons. The summed E-state index contributed by atoms with van der Waals surface area (Å²) in [6.45, 7) is 9.21. The molecule has 0 aromatic carbocycles. The van der Waals surface area contributed by atoms with Gasteiger partial charge in [-0.15, -0.1) is 0 Å². The molecule has 98 valence electrons. The minimum absolute atomic E-state index is 0.429. The van der Waals surface area contributed by atoms with Crippen LogP contribution in [0, 0.1) is 11.8 Å². The number of nitrogens with two attached hydrogens (primary N) is 1. The first-order valence-corrected chi connectivity index (χ1v) is 7.39. The SMILES string of the molecule is CCCCC(CC)CC(C)CCC(N)CC. The summed E-state index contributed by atoms with van der Waals surface area (Å²) in [4.78, 5) is 0. The molecule has 0 heterocycles. The molecule has 0 amide bonds. The van der Waals surface area contributed by atoms with Crippen LogP contribution in [0.4, 0.5) is 0 Å². The third kappa shape index (κ3) is 8.15. The average molecular weight is 227 g/mol. The lowest BCUT2D eigenvalue weighted by Gasteiger charge is -2.20. The molecule has 16 heavy (non-hydrogen) atoms. The summed E-state index contributed by atoms with van der Waals surface area (Å²) >= 11 is 0. The third-order valence-corrected chi connectivity index (χ3v) is 3.83. The third-order valence-electron chi connectivity index (χ3n) is 3.83. The van der Waals surface area contributed by atoms with Crippen LogP contribution in [-0.2, 0) is 0 Å². The van der Waals surface area contributed by atoms with Crippen molar-refractivity contribution in [2.24, 2.45) is 17.6 Å². The summed E-state index contributed by atoms with van der Waals surface area (Å²) in [5.41, 5.74) is 5.96. The van der Waals surface area contributed by atoms with E-state index >= 15 is 0 Å². The lowest BCUT2D eigenvalue weighted by molar-refractivity contribution is 0.328. The summed E-state index contributed by atoms with van der Waals surface area (Å²) in [5, 5.41) is 0. The largest absolute Gasteiger partial charge is 0.328 e. The van der Waals surface area contributed by atoms with E-state index in [0.29, 0.717) is 6.04 Å². The zero-order chi connectivity index (χ0) is 12.4. The second-order valence-corrected chi connectivity index (χ2v) is 5.50. The maximum Gasteiger partial charge on any atom is 0.00363 e. The summed E-state index contributed by atoms with van der Waals surface area (Å²) < 4.78 is 0. The topological polar surface area (TPSA) is 26.0 Å². The quantitative estimate of drug-likeness (QED) is 0.573. The molecule has 3 unspecified atom stereocenters. The van der Waals surface area contributed by atoms with Crippen molar-refractivity contribution in [3.8, 4) is 0 Å². The number of rotatable bonds is 10. The summed E-state index contributed by atoms with van der Waals surface area (Å²) in [6.07, 6.45) is 10.6. The van der Waals surface area contributed by atoms with E-state index in [4.69, 9.17) is 5.73 Å². The minimum atomic E-state index is 0.429. The van der Waals surface area contributed by atoms with E-state index in [-0.39, 0.29) is 0 Å². The van der Waals surface area contributed by atoms with Crippen LogP contribution in [0.5, 0.6) is 0 Å². The first kappa shape index (κ1) is 16.0. The van der Waals surface area contributed by atoms with Crippen molar-refractivity contribution < 1.29 is 0 Å². The van der Waals surface area contributed by atoms with E-state index in [9.17, 15) is 0 Å². The molecular formula is C15H33N. The van der Waals surface area contributed by atoms with Crippen molar-refractivity contribution in [1.82, 2.24) is 0 Å². The van der Waals surface area contributed by atoms with Crippen molar-refractivity contribution in [3.63, 3.8) is 0 Å². The van der Waals surface area contributed by atoms with E-state index in [1.165, 1.54) is 44.9 Å². The van der Waals surface area contributed by atoms with Crippen molar-refractivity contribution in [2.45, 2.75) is 85.1 Å². The van der Waals surface area contributed by atoms with Crippen LogP contribution in [0.2, 0.25) is 0 Å². The molecule has 0 aliphatic heterocycles. The molecule has 0 saturated carbocycles. The van der Waals surface area contributed by atoms with Gasteiger partial charge in [0.1, 0.15) is 0 Å². The Hall–Kier alpha value is -0.0400. The van der Waals surface area contributed by atoms with Crippen LogP contribution in [0.3, 0.4) is 0 Å². The van der Waals surface area contributed by atoms with Crippen LogP contribution >= 0.6 is 0 Å². The Morgan fingerprint density at radius 3 is 2.12 bits per heavy atom. The first-order chi connectivity index (χ1) is 7.63. The maximum absolute atomic E-state index is 5.96. The Balaban J connectivity index is 3.68. The van der Waals surface area contributed by atoms with Crippen molar-refractivity contribution in [1.29, 1.82) is 0 Å². The fraction of sp³-hybridized carbons (Fsp3) is 1.00. The molecule has 1 nitrogen and oxygen atoms in total. The Kier molecular flexibility index (Phi) is 10.1. The van der Waals surface area contributed by atoms with Gasteiger partial charge in [0, 0.05) is 6.04 Å². The van der Waals surface area contributed by atoms with E-state index in [0.717, 1.165) is 18.3 Å². The van der Waals surface area contributed by atoms with Crippen molar-refractivity contribution in [3.05, 3.63) is 0 Å². The highest BCUT2D eigenvalue weighted by Gasteiger charge is 2.12. The van der Waals surface area contributed by atoms with Gasteiger partial charge in [0.25, 0.3) is 0 Å². The van der Waals surface area contributed by atoms with E-state index in [2.05, 4.69) is 27.7 Å². The van der Waals surface area contributed by atoms with E-state index in [1.807, 2.05) is 0 Å². The molecule has 2 N–H and O–H groups in total. The van der Waals surface area contributed by atoms with Crippen LogP contribution in [0.1, 0.15) is 79.1 Å². The first-order valence-electron chi connectivity index (χ1n) is 7.39. The lowest BCUT2D eigenvalue weighted by atomic mass is 9.86. The highest BCUT2D eigenvalue weighted by molar-refractivity contribution is 4.66. The molecule has 1 heteroatoms. The molecule has 0 bridgehead atoms. The molecular weight excluding hydrogens is 194 g/mol. The van der Waals surface area contributed by atoms with Gasteiger partial charge < -0.3 is 5.73 Å². The predicted octanol–water partition coefficient (Wildman–Crippen LogP) is 4.75. The summed E-state index contributed by atoms with van der Waals surface area (Å²) in [6, 6.07) is 0.429. The summed E-state index contributed by atoms with van der Waals surface area (Å²) in [5.74, 6) is 1.81. The van der Waals surface area contributed by atoms with Gasteiger partial charge in [-0.2, -0.15) is 0 Å². The average Bonchev–Trinajstić information content (AvgIpc) is 2.31. The van der Waals surface area contributed by atoms with Crippen LogP contribution in [0.15, 0.2) is 0 Å². The molecule has 3 atom stereocenters. The molecule has 0 rings (SSSR count). The van der Waals surface area contributed by atoms with Gasteiger partial charge in [0.05, 0.1) is 0 Å². The molecule has 0 aromatic rings. The normalized spacial score (nSPS) is 17.1. The number of unbranched alkanes of at least 4 members (excludes halogenated alkanes) is 1. The number of hydrogen-bond acceptors (Lipinski definition) is 1. The van der Waals surface area contributed by atoms with Gasteiger partial charge in [0.15, 0.2) is 0 Å². The standard InChI is InChI=1S/C15H33N/c1-5-8-9-14(6-2)12-13(4)10-11-15(16)7-3/h13-15H,5-12,16H2,1-4H3. The molecule has 0 aromatic heterocycles. The van der Waals surface area contributed by atoms with Crippen LogP contribution in [0.25, 0.3) is 0 Å². The summed E-state index contributed by atoms with van der Waals surface area (Å²) in [7, 11) is 0. The predicted molar refractivity (Wildman–Crippen MR) is 74.6 cm³/mol. The van der Waals surface area contributed by atoms with E-state index in [1.54, 1.807) is 0 Å². The van der Waals surface area contributed by atoms with Crippen molar-refractivity contribution >= 4 is 0 Å². The van der Waals surface area contributed by atoms with Gasteiger partial charge in [-0.05, 0) is 37.5 Å². The number of hydrogen-bond donors (Lipinski definition) is 1. The zero-order valence-electron chi connectivity index (χ0n) is 12.0. The van der Waals surface area contributed by atoms with E-state index < -0.39 is 0 Å². The Bertz CT molecular complexity index is 144. The van der Waals surface area contributed by atoms with Gasteiger partial charge in [-0.3, -0.25) is 0 Å². The van der Waals surface area contributed by atoms with Gasteiger partial charge >= 0.3 is 0 Å². The smallest absolute Gasteiger partial charge is 0.00363 e. The maximum atomic E-state index is 5.96. The molecule has 0 aliphatic carbocycles. The minimum Gasteiger partial charge on any atom is -0.328 e. The molecule has 0 aliphatic rings. The monoisotopic (exact) mass is 227 g/mol. The molecule has 0 spiro atoms. The lowest BCUT2D eigenvalue weighted by Crippen LogP contribution is -2.19. The highest BCUT2D eigenvalue weighted by atomic mass is 14.6. The Morgan fingerprint density at radius 2 is 1.62 bits per heavy atom. The van der Waals surface area contributed by atoms with Crippen LogP contribution in [-0.4, -0.2) is 6.04 Å². The fourth-order valence-corrected chi connectivity index (χ4v) is 2.37. The zero-order valence-corrected chi connectivity index (χ0v) is 12.0. The molecule has 0 fully saturated rings. The van der Waals surface area contributed by atoms with Gasteiger partial charge in [0.2, 0.25) is 0 Å². The van der Waals surface area contributed by atoms with Gasteiger partial charge in [-0.25, -0.2) is 0 Å². The second kappa shape index (κ2) is 10.1. The van der Waals surface area contributed by atoms with Gasteiger partial charge in [-0.1, -0.05) is 53.4 Å². The molecule has 0 saturated heterocycles. The Labute approximate surface area is 103 Å².